The number of aromatic nitrogens is 1. The van der Waals surface area contributed by atoms with Crippen LogP contribution in [0, 0.1) is 5.82 Å². The summed E-state index contributed by atoms with van der Waals surface area (Å²) in [6, 6.07) is 12.1. The van der Waals surface area contributed by atoms with Gasteiger partial charge in [0.05, 0.1) is 19.2 Å². The zero-order chi connectivity index (χ0) is 18.5. The van der Waals surface area contributed by atoms with Crippen molar-refractivity contribution >= 4 is 22.9 Å². The van der Waals surface area contributed by atoms with Crippen LogP contribution in [-0.2, 0) is 17.6 Å². The van der Waals surface area contributed by atoms with E-state index >= 15 is 0 Å². The second-order valence-corrected chi connectivity index (χ2v) is 6.69. The molecule has 0 atom stereocenters. The number of ether oxygens (including phenoxy) is 1. The fraction of sp³-hybridized carbons (Fsp3) is 0.200. The highest BCUT2D eigenvalue weighted by Crippen LogP contribution is 2.31. The Hall–Kier alpha value is -2.73. The number of benzene rings is 2. The lowest BCUT2D eigenvalue weighted by Crippen LogP contribution is -2.14. The molecule has 0 saturated heterocycles. The van der Waals surface area contributed by atoms with E-state index in [0.717, 1.165) is 12.1 Å². The van der Waals surface area contributed by atoms with Crippen molar-refractivity contribution in [3.63, 3.8) is 0 Å². The Morgan fingerprint density at radius 2 is 2.00 bits per heavy atom. The summed E-state index contributed by atoms with van der Waals surface area (Å²) < 4.78 is 18.8. The molecule has 1 amide bonds. The van der Waals surface area contributed by atoms with E-state index in [1.54, 1.807) is 11.4 Å². The van der Waals surface area contributed by atoms with E-state index in [2.05, 4.69) is 17.2 Å². The molecule has 0 bridgehead atoms. The molecule has 0 fully saturated rings. The van der Waals surface area contributed by atoms with Crippen LogP contribution in [0.2, 0.25) is 0 Å². The average Bonchev–Trinajstić information content (AvgIpc) is 3.10. The number of thiazole rings is 1. The molecule has 2 aromatic carbocycles. The average molecular weight is 370 g/mol. The van der Waals surface area contributed by atoms with Gasteiger partial charge in [0.1, 0.15) is 16.6 Å². The Morgan fingerprint density at radius 1 is 1.23 bits per heavy atom. The van der Waals surface area contributed by atoms with Gasteiger partial charge in [0.25, 0.3) is 0 Å². The van der Waals surface area contributed by atoms with Crippen LogP contribution in [0.5, 0.6) is 5.75 Å². The van der Waals surface area contributed by atoms with Crippen LogP contribution in [0.25, 0.3) is 11.3 Å². The number of methoxy groups -OCH3 is 1. The topological polar surface area (TPSA) is 51.2 Å². The van der Waals surface area contributed by atoms with Gasteiger partial charge in [-0.15, -0.1) is 11.3 Å². The summed E-state index contributed by atoms with van der Waals surface area (Å²) >= 11 is 1.36. The summed E-state index contributed by atoms with van der Waals surface area (Å²) in [5, 5.41) is 5.33. The minimum absolute atomic E-state index is 0.138. The van der Waals surface area contributed by atoms with Gasteiger partial charge in [-0.2, -0.15) is 0 Å². The van der Waals surface area contributed by atoms with E-state index in [9.17, 15) is 9.18 Å². The number of hydrogen-bond acceptors (Lipinski definition) is 4. The van der Waals surface area contributed by atoms with Gasteiger partial charge in [0, 0.05) is 16.6 Å². The normalized spacial score (nSPS) is 10.6. The van der Waals surface area contributed by atoms with Gasteiger partial charge < -0.3 is 10.1 Å². The summed E-state index contributed by atoms with van der Waals surface area (Å²) in [5.74, 6) is 0.0497. The summed E-state index contributed by atoms with van der Waals surface area (Å²) in [6.45, 7) is 2.08. The molecule has 0 radical (unpaired) electrons. The van der Waals surface area contributed by atoms with Gasteiger partial charge in [-0.05, 0) is 42.3 Å². The summed E-state index contributed by atoms with van der Waals surface area (Å²) in [6.07, 6.45) is 1.12. The van der Waals surface area contributed by atoms with Gasteiger partial charge in [-0.3, -0.25) is 4.79 Å². The van der Waals surface area contributed by atoms with Crippen LogP contribution >= 0.6 is 11.3 Å². The van der Waals surface area contributed by atoms with Crippen molar-refractivity contribution in [3.8, 4) is 17.0 Å². The second kappa shape index (κ2) is 8.10. The maximum atomic E-state index is 13.5. The van der Waals surface area contributed by atoms with Crippen LogP contribution in [-0.4, -0.2) is 18.0 Å². The van der Waals surface area contributed by atoms with E-state index in [0.29, 0.717) is 22.0 Å². The van der Waals surface area contributed by atoms with E-state index in [4.69, 9.17) is 4.74 Å². The standard InChI is InChI=1S/C20H19FN2O2S/c1-3-13-4-7-15(8-5-13)22-19(24)11-20-23-17(12-26-20)16-10-14(21)6-9-18(16)25-2/h4-10,12H,3,11H2,1-2H3,(H,22,24). The number of carbonyl (C=O) groups is 1. The highest BCUT2D eigenvalue weighted by Gasteiger charge is 2.13. The number of rotatable bonds is 6. The Kier molecular flexibility index (Phi) is 5.63. The molecular weight excluding hydrogens is 351 g/mol. The number of nitrogens with one attached hydrogen (secondary N) is 1. The first-order valence-corrected chi connectivity index (χ1v) is 9.14. The first-order valence-electron chi connectivity index (χ1n) is 8.26. The second-order valence-electron chi connectivity index (χ2n) is 5.75. The smallest absolute Gasteiger partial charge is 0.231 e. The Balaban J connectivity index is 1.70. The molecule has 0 saturated carbocycles. The predicted molar refractivity (Wildman–Crippen MR) is 102 cm³/mol. The van der Waals surface area contributed by atoms with Gasteiger partial charge in [0.2, 0.25) is 5.91 Å². The molecule has 0 aliphatic carbocycles. The SMILES string of the molecule is CCc1ccc(NC(=O)Cc2nc(-c3cc(F)ccc3OC)cs2)cc1. The highest BCUT2D eigenvalue weighted by molar-refractivity contribution is 7.10. The molecule has 0 aliphatic heterocycles. The van der Waals surface area contributed by atoms with Crippen LogP contribution in [0.15, 0.2) is 47.8 Å². The third-order valence-corrected chi connectivity index (χ3v) is 4.80. The Morgan fingerprint density at radius 3 is 2.69 bits per heavy atom. The molecule has 0 aliphatic rings. The lowest BCUT2D eigenvalue weighted by Gasteiger charge is -2.06. The number of anilines is 1. The van der Waals surface area contributed by atoms with Crippen LogP contribution in [0.4, 0.5) is 10.1 Å². The fourth-order valence-electron chi connectivity index (χ4n) is 2.56. The van der Waals surface area contributed by atoms with Crippen molar-refractivity contribution in [2.24, 2.45) is 0 Å². The Labute approximate surface area is 155 Å². The maximum Gasteiger partial charge on any atom is 0.231 e. The fourth-order valence-corrected chi connectivity index (χ4v) is 3.36. The molecule has 6 heteroatoms. The van der Waals surface area contributed by atoms with Crippen LogP contribution in [0.1, 0.15) is 17.5 Å². The van der Waals surface area contributed by atoms with Crippen molar-refractivity contribution in [1.29, 1.82) is 0 Å². The zero-order valence-corrected chi connectivity index (χ0v) is 15.4. The number of carbonyl (C=O) groups excluding carboxylic acids is 1. The number of aryl methyl sites for hydroxylation is 1. The third-order valence-electron chi connectivity index (χ3n) is 3.95. The lowest BCUT2D eigenvalue weighted by molar-refractivity contribution is -0.115. The van der Waals surface area contributed by atoms with Crippen molar-refractivity contribution in [1.82, 2.24) is 4.98 Å². The predicted octanol–water partition coefficient (Wildman–Crippen LogP) is 4.70. The molecule has 0 unspecified atom stereocenters. The summed E-state index contributed by atoms with van der Waals surface area (Å²) in [4.78, 5) is 16.7. The minimum atomic E-state index is -0.358. The molecule has 26 heavy (non-hydrogen) atoms. The molecule has 3 aromatic rings. The van der Waals surface area contributed by atoms with Gasteiger partial charge in [-0.1, -0.05) is 19.1 Å². The van der Waals surface area contributed by atoms with Crippen LogP contribution in [0.3, 0.4) is 0 Å². The van der Waals surface area contributed by atoms with Crippen molar-refractivity contribution in [3.05, 3.63) is 64.2 Å². The Bertz CT molecular complexity index is 906. The third kappa shape index (κ3) is 4.26. The summed E-state index contributed by atoms with van der Waals surface area (Å²) in [7, 11) is 1.53. The first-order chi connectivity index (χ1) is 12.6. The zero-order valence-electron chi connectivity index (χ0n) is 14.6. The van der Waals surface area contributed by atoms with Crippen molar-refractivity contribution < 1.29 is 13.9 Å². The lowest BCUT2D eigenvalue weighted by atomic mass is 10.1. The van der Waals surface area contributed by atoms with Crippen molar-refractivity contribution in [2.45, 2.75) is 19.8 Å². The van der Waals surface area contributed by atoms with Crippen LogP contribution < -0.4 is 10.1 Å². The highest BCUT2D eigenvalue weighted by atomic mass is 32.1. The van der Waals surface area contributed by atoms with E-state index in [1.807, 2.05) is 24.3 Å². The number of hydrogen-bond donors (Lipinski definition) is 1. The van der Waals surface area contributed by atoms with Gasteiger partial charge in [0.15, 0.2) is 0 Å². The first kappa shape index (κ1) is 18.1. The monoisotopic (exact) mass is 370 g/mol. The molecule has 1 aromatic heterocycles. The molecular formula is C20H19FN2O2S. The molecule has 1 N–H and O–H groups in total. The largest absolute Gasteiger partial charge is 0.496 e. The molecule has 0 spiro atoms. The maximum absolute atomic E-state index is 13.5. The van der Waals surface area contributed by atoms with E-state index in [1.165, 1.54) is 36.1 Å². The van der Waals surface area contributed by atoms with E-state index < -0.39 is 0 Å². The van der Waals surface area contributed by atoms with Crippen molar-refractivity contribution in [2.75, 3.05) is 12.4 Å². The molecule has 134 valence electrons. The number of halogens is 1. The molecule has 1 heterocycles. The number of nitrogens with zero attached hydrogens (tertiary/aromatic N) is 1. The van der Waals surface area contributed by atoms with Gasteiger partial charge >= 0.3 is 0 Å². The van der Waals surface area contributed by atoms with Gasteiger partial charge in [-0.25, -0.2) is 9.37 Å². The molecule has 3 rings (SSSR count). The summed E-state index contributed by atoms with van der Waals surface area (Å²) in [5.41, 5.74) is 3.15. The minimum Gasteiger partial charge on any atom is -0.496 e. The quantitative estimate of drug-likeness (QED) is 0.684. The molecule has 4 nitrogen and oxygen atoms in total. The number of amides is 1. The van der Waals surface area contributed by atoms with E-state index in [-0.39, 0.29) is 18.1 Å².